The second-order valence-electron chi connectivity index (χ2n) is 2.32. The number of halogens is 1. The first-order valence-electron chi connectivity index (χ1n) is 3.64. The van der Waals surface area contributed by atoms with Gasteiger partial charge in [0.1, 0.15) is 11.6 Å². The Morgan fingerprint density at radius 3 is 2.75 bits per heavy atom. The Bertz CT molecular complexity index is 325. The van der Waals surface area contributed by atoms with Gasteiger partial charge in [0.2, 0.25) is 0 Å². The molecule has 0 fully saturated rings. The number of hydrogen-bond donors (Lipinski definition) is 1. The van der Waals surface area contributed by atoms with E-state index in [-0.39, 0.29) is 5.56 Å². The van der Waals surface area contributed by atoms with Crippen LogP contribution < -0.4 is 5.73 Å². The lowest BCUT2D eigenvalue weighted by Gasteiger charge is -1.95. The fourth-order valence-electron chi connectivity index (χ4n) is 1.13. The zero-order valence-corrected chi connectivity index (χ0v) is 7.54. The lowest BCUT2D eigenvalue weighted by Crippen LogP contribution is -1.97. The molecule has 0 spiro atoms. The molecule has 0 saturated heterocycles. The second-order valence-corrected chi connectivity index (χ2v) is 3.38. The summed E-state index contributed by atoms with van der Waals surface area (Å²) in [4.78, 5) is 0.784. The molecule has 0 aliphatic carbocycles. The van der Waals surface area contributed by atoms with Crippen LogP contribution >= 0.6 is 11.3 Å². The largest absolute Gasteiger partial charge is 0.326 e. The molecular weight excluding hydrogens is 175 g/mol. The first-order chi connectivity index (χ1) is 5.74. The average Bonchev–Trinajstić information content (AvgIpc) is 2.40. The van der Waals surface area contributed by atoms with Crippen molar-refractivity contribution in [2.45, 2.75) is 19.9 Å². The Labute approximate surface area is 74.4 Å². The highest BCUT2D eigenvalue weighted by Crippen LogP contribution is 2.26. The molecule has 4 heteroatoms. The van der Waals surface area contributed by atoms with Crippen LogP contribution in [0.15, 0.2) is 0 Å². The van der Waals surface area contributed by atoms with Crippen molar-refractivity contribution < 1.29 is 4.39 Å². The molecule has 2 N–H and O–H groups in total. The number of nitrogens with two attached hydrogens (primary N) is 1. The Morgan fingerprint density at radius 1 is 1.67 bits per heavy atom. The van der Waals surface area contributed by atoms with Gasteiger partial charge in [-0.3, -0.25) is 0 Å². The van der Waals surface area contributed by atoms with Crippen molar-refractivity contribution in [1.82, 2.24) is 0 Å². The molecule has 0 radical (unpaired) electrons. The molecule has 1 heterocycles. The summed E-state index contributed by atoms with van der Waals surface area (Å²) in [5.74, 6) is 0. The quantitative estimate of drug-likeness (QED) is 0.761. The Hall–Kier alpha value is -0.920. The molecule has 0 atom stereocenters. The smallest absolute Gasteiger partial charge is 0.194 e. The van der Waals surface area contributed by atoms with E-state index in [2.05, 4.69) is 0 Å². The van der Waals surface area contributed by atoms with E-state index in [4.69, 9.17) is 11.0 Å². The molecule has 0 amide bonds. The third-order valence-electron chi connectivity index (χ3n) is 1.70. The standard InChI is InChI=1S/C8H9FN2S/c1-2-5-6(3-10)8(9)12-7(5)4-11/h2,4,11H2,1H3. The van der Waals surface area contributed by atoms with Crippen molar-refractivity contribution in [2.75, 3.05) is 0 Å². The lowest BCUT2D eigenvalue weighted by molar-refractivity contribution is 0.652. The fourth-order valence-corrected chi connectivity index (χ4v) is 2.07. The highest BCUT2D eigenvalue weighted by Gasteiger charge is 2.14. The minimum absolute atomic E-state index is 0.169. The van der Waals surface area contributed by atoms with Gasteiger partial charge in [0.15, 0.2) is 5.13 Å². The van der Waals surface area contributed by atoms with Gasteiger partial charge in [0.25, 0.3) is 0 Å². The molecule has 0 aliphatic rings. The summed E-state index contributed by atoms with van der Waals surface area (Å²) in [7, 11) is 0. The molecule has 0 unspecified atom stereocenters. The topological polar surface area (TPSA) is 49.8 Å². The zero-order chi connectivity index (χ0) is 9.14. The molecule has 12 heavy (non-hydrogen) atoms. The monoisotopic (exact) mass is 184 g/mol. The number of hydrogen-bond acceptors (Lipinski definition) is 3. The zero-order valence-electron chi connectivity index (χ0n) is 6.72. The van der Waals surface area contributed by atoms with Crippen LogP contribution in [0.3, 0.4) is 0 Å². The maximum Gasteiger partial charge on any atom is 0.194 e. The van der Waals surface area contributed by atoms with Gasteiger partial charge in [-0.05, 0) is 12.0 Å². The van der Waals surface area contributed by atoms with Gasteiger partial charge < -0.3 is 5.73 Å². The lowest BCUT2D eigenvalue weighted by atomic mass is 10.1. The van der Waals surface area contributed by atoms with E-state index in [1.54, 1.807) is 0 Å². The second kappa shape index (κ2) is 3.65. The van der Waals surface area contributed by atoms with Crippen LogP contribution in [-0.4, -0.2) is 0 Å². The van der Waals surface area contributed by atoms with Crippen LogP contribution in [0.25, 0.3) is 0 Å². The summed E-state index contributed by atoms with van der Waals surface area (Å²) in [6, 6.07) is 1.85. The molecule has 0 bridgehead atoms. The van der Waals surface area contributed by atoms with Gasteiger partial charge in [-0.15, -0.1) is 11.3 Å². The van der Waals surface area contributed by atoms with E-state index >= 15 is 0 Å². The Kier molecular flexibility index (Phi) is 2.79. The Balaban J connectivity index is 3.28. The van der Waals surface area contributed by atoms with Crippen molar-refractivity contribution in [3.63, 3.8) is 0 Å². The Morgan fingerprint density at radius 2 is 2.33 bits per heavy atom. The van der Waals surface area contributed by atoms with Crippen molar-refractivity contribution in [3.05, 3.63) is 21.1 Å². The van der Waals surface area contributed by atoms with E-state index in [0.717, 1.165) is 21.8 Å². The summed E-state index contributed by atoms with van der Waals surface area (Å²) < 4.78 is 13.0. The van der Waals surface area contributed by atoms with Gasteiger partial charge in [0, 0.05) is 11.4 Å². The predicted octanol–water partition coefficient (Wildman–Crippen LogP) is 1.78. The summed E-state index contributed by atoms with van der Waals surface area (Å²) in [5.41, 5.74) is 6.33. The minimum atomic E-state index is -0.408. The van der Waals surface area contributed by atoms with Crippen molar-refractivity contribution in [1.29, 1.82) is 5.26 Å². The van der Waals surface area contributed by atoms with E-state index in [9.17, 15) is 4.39 Å². The SMILES string of the molecule is CCc1c(CN)sc(F)c1C#N. The van der Waals surface area contributed by atoms with E-state index < -0.39 is 5.13 Å². The molecule has 0 aromatic carbocycles. The van der Waals surface area contributed by atoms with Gasteiger partial charge in [-0.1, -0.05) is 6.92 Å². The van der Waals surface area contributed by atoms with Crippen LogP contribution in [0, 0.1) is 16.5 Å². The molecular formula is C8H9FN2S. The molecule has 1 rings (SSSR count). The predicted molar refractivity (Wildman–Crippen MR) is 46.3 cm³/mol. The van der Waals surface area contributed by atoms with Crippen molar-refractivity contribution in [3.8, 4) is 6.07 Å². The van der Waals surface area contributed by atoms with Crippen molar-refractivity contribution >= 4 is 11.3 Å². The van der Waals surface area contributed by atoms with Crippen LogP contribution in [0.5, 0.6) is 0 Å². The summed E-state index contributed by atoms with van der Waals surface area (Å²) in [6.07, 6.45) is 0.663. The normalized spacial score (nSPS) is 9.83. The van der Waals surface area contributed by atoms with Crippen LogP contribution in [0.1, 0.15) is 22.9 Å². The third kappa shape index (κ3) is 1.33. The number of rotatable bonds is 2. The van der Waals surface area contributed by atoms with Crippen molar-refractivity contribution in [2.24, 2.45) is 5.73 Å². The van der Waals surface area contributed by atoms with Gasteiger partial charge in [-0.2, -0.15) is 9.65 Å². The highest BCUT2D eigenvalue weighted by atomic mass is 32.1. The van der Waals surface area contributed by atoms with E-state index in [1.165, 1.54) is 0 Å². The van der Waals surface area contributed by atoms with E-state index in [0.29, 0.717) is 13.0 Å². The number of nitrogens with zero attached hydrogens (tertiary/aromatic N) is 1. The first kappa shape index (κ1) is 9.17. The maximum atomic E-state index is 13.0. The van der Waals surface area contributed by atoms with Crippen LogP contribution in [0.4, 0.5) is 4.39 Å². The molecule has 1 aromatic rings. The molecule has 0 aliphatic heterocycles. The molecule has 2 nitrogen and oxygen atoms in total. The summed E-state index contributed by atoms with van der Waals surface area (Å²) in [6.45, 7) is 2.20. The van der Waals surface area contributed by atoms with Crippen LogP contribution in [0.2, 0.25) is 0 Å². The molecule has 0 saturated carbocycles. The van der Waals surface area contributed by atoms with Gasteiger partial charge in [0.05, 0.1) is 0 Å². The fraction of sp³-hybridized carbons (Fsp3) is 0.375. The first-order valence-corrected chi connectivity index (χ1v) is 4.46. The van der Waals surface area contributed by atoms with E-state index in [1.807, 2.05) is 13.0 Å². The van der Waals surface area contributed by atoms with Gasteiger partial charge >= 0.3 is 0 Å². The summed E-state index contributed by atoms with van der Waals surface area (Å²) in [5, 5.41) is 8.21. The average molecular weight is 184 g/mol. The molecule has 64 valence electrons. The summed E-state index contributed by atoms with van der Waals surface area (Å²) >= 11 is 0.976. The van der Waals surface area contributed by atoms with Crippen LogP contribution in [-0.2, 0) is 13.0 Å². The number of nitriles is 1. The van der Waals surface area contributed by atoms with Gasteiger partial charge in [-0.25, -0.2) is 0 Å². The number of thiophene rings is 1. The maximum absolute atomic E-state index is 13.0. The molecule has 1 aromatic heterocycles. The highest BCUT2D eigenvalue weighted by molar-refractivity contribution is 7.10. The third-order valence-corrected chi connectivity index (χ3v) is 2.74. The minimum Gasteiger partial charge on any atom is -0.326 e.